The van der Waals surface area contributed by atoms with E-state index in [0.29, 0.717) is 0 Å². The van der Waals surface area contributed by atoms with E-state index in [9.17, 15) is 9.59 Å². The molecule has 0 spiro atoms. The van der Waals surface area contributed by atoms with Gasteiger partial charge in [0.15, 0.2) is 0 Å². The first-order valence-electron chi connectivity index (χ1n) is 4.72. The average Bonchev–Trinajstić information content (AvgIpc) is 2.32. The van der Waals surface area contributed by atoms with Gasteiger partial charge in [-0.25, -0.2) is 0 Å². The Balaban J connectivity index is 2.87. The van der Waals surface area contributed by atoms with Crippen molar-refractivity contribution in [3.63, 3.8) is 0 Å². The zero-order chi connectivity index (χ0) is 10.1. The summed E-state index contributed by atoms with van der Waals surface area (Å²) < 4.78 is 0. The van der Waals surface area contributed by atoms with Gasteiger partial charge >= 0.3 is 5.97 Å². The second-order valence-corrected chi connectivity index (χ2v) is 4.08. The van der Waals surface area contributed by atoms with Gasteiger partial charge in [-0.1, -0.05) is 13.3 Å². The number of ketones is 1. The molecule has 0 aromatic heterocycles. The molecule has 2 unspecified atom stereocenters. The molecule has 0 radical (unpaired) electrons. The zero-order valence-electron chi connectivity index (χ0n) is 8.17. The lowest BCUT2D eigenvalue weighted by atomic mass is 9.73. The Morgan fingerprint density at radius 2 is 2.15 bits per heavy atom. The Morgan fingerprint density at radius 3 is 2.46 bits per heavy atom. The molecular weight excluding hydrogens is 168 g/mol. The molecule has 3 heteroatoms. The molecule has 0 aromatic carbocycles. The summed E-state index contributed by atoms with van der Waals surface area (Å²) >= 11 is 0. The molecule has 0 bridgehead atoms. The fourth-order valence-electron chi connectivity index (χ4n) is 2.43. The minimum absolute atomic E-state index is 0.00347. The quantitative estimate of drug-likeness (QED) is 0.728. The molecule has 1 rings (SSSR count). The van der Waals surface area contributed by atoms with Crippen molar-refractivity contribution in [2.75, 3.05) is 0 Å². The van der Waals surface area contributed by atoms with Crippen LogP contribution >= 0.6 is 0 Å². The number of carboxylic acid groups (broad SMARTS) is 1. The topological polar surface area (TPSA) is 54.4 Å². The van der Waals surface area contributed by atoms with E-state index in [2.05, 4.69) is 0 Å². The van der Waals surface area contributed by atoms with Gasteiger partial charge in [-0.3, -0.25) is 9.59 Å². The highest BCUT2D eigenvalue weighted by molar-refractivity contribution is 5.87. The first-order valence-corrected chi connectivity index (χ1v) is 4.72. The lowest BCUT2D eigenvalue weighted by Gasteiger charge is -2.29. The van der Waals surface area contributed by atoms with E-state index in [-0.39, 0.29) is 18.1 Å². The second kappa shape index (κ2) is 3.48. The molecule has 0 aromatic rings. The lowest BCUT2D eigenvalue weighted by Crippen LogP contribution is -2.34. The van der Waals surface area contributed by atoms with Crippen molar-refractivity contribution >= 4 is 11.8 Å². The van der Waals surface area contributed by atoms with Gasteiger partial charge < -0.3 is 5.11 Å². The van der Waals surface area contributed by atoms with Crippen molar-refractivity contribution in [3.8, 4) is 0 Å². The summed E-state index contributed by atoms with van der Waals surface area (Å²) in [6.07, 6.45) is 2.71. The Labute approximate surface area is 78.1 Å². The maximum atomic E-state index is 11.5. The van der Waals surface area contributed by atoms with Crippen LogP contribution in [0.25, 0.3) is 0 Å². The molecule has 1 saturated carbocycles. The maximum Gasteiger partial charge on any atom is 0.304 e. The summed E-state index contributed by atoms with van der Waals surface area (Å²) in [6.45, 7) is 3.50. The molecule has 1 aliphatic carbocycles. The molecule has 74 valence electrons. The van der Waals surface area contributed by atoms with Gasteiger partial charge in [0.25, 0.3) is 0 Å². The number of hydrogen-bond acceptors (Lipinski definition) is 2. The number of Topliss-reactive ketones (excluding diaryl/α,β-unsaturated/α-hetero) is 1. The third-order valence-electron chi connectivity index (χ3n) is 3.37. The summed E-state index contributed by atoms with van der Waals surface area (Å²) in [5, 5.41) is 8.75. The molecule has 13 heavy (non-hydrogen) atoms. The normalized spacial score (nSPS) is 33.2. The Kier molecular flexibility index (Phi) is 2.74. The number of carboxylic acids is 1. The van der Waals surface area contributed by atoms with Crippen LogP contribution in [0.4, 0.5) is 0 Å². The summed E-state index contributed by atoms with van der Waals surface area (Å²) in [5.41, 5.74) is -0.564. The van der Waals surface area contributed by atoms with Gasteiger partial charge in [-0.05, 0) is 25.7 Å². The molecule has 2 atom stereocenters. The fraction of sp³-hybridized carbons (Fsp3) is 0.800. The Hall–Kier alpha value is -0.860. The van der Waals surface area contributed by atoms with Crippen molar-refractivity contribution in [2.45, 2.75) is 39.5 Å². The zero-order valence-corrected chi connectivity index (χ0v) is 8.17. The van der Waals surface area contributed by atoms with Gasteiger partial charge in [0.1, 0.15) is 5.78 Å². The number of carbonyl (C=O) groups is 2. The summed E-state index contributed by atoms with van der Waals surface area (Å²) in [4.78, 5) is 22.1. The summed E-state index contributed by atoms with van der Waals surface area (Å²) in [7, 11) is 0. The van der Waals surface area contributed by atoms with Crippen LogP contribution in [-0.4, -0.2) is 16.9 Å². The smallest absolute Gasteiger partial charge is 0.304 e. The Bertz CT molecular complexity index is 234. The Morgan fingerprint density at radius 1 is 1.54 bits per heavy atom. The van der Waals surface area contributed by atoms with E-state index in [1.807, 2.05) is 6.92 Å². The number of rotatable bonds is 3. The van der Waals surface area contributed by atoms with E-state index < -0.39 is 11.4 Å². The van der Waals surface area contributed by atoms with E-state index in [1.165, 1.54) is 6.92 Å². The van der Waals surface area contributed by atoms with Crippen LogP contribution in [-0.2, 0) is 9.59 Å². The van der Waals surface area contributed by atoms with Crippen LogP contribution in [0.5, 0.6) is 0 Å². The van der Waals surface area contributed by atoms with Crippen LogP contribution in [0.2, 0.25) is 0 Å². The van der Waals surface area contributed by atoms with Gasteiger partial charge in [0, 0.05) is 5.41 Å². The van der Waals surface area contributed by atoms with E-state index >= 15 is 0 Å². The van der Waals surface area contributed by atoms with Crippen molar-refractivity contribution in [2.24, 2.45) is 11.3 Å². The van der Waals surface area contributed by atoms with E-state index in [1.54, 1.807) is 0 Å². The van der Waals surface area contributed by atoms with Gasteiger partial charge in [0.05, 0.1) is 6.42 Å². The van der Waals surface area contributed by atoms with Crippen molar-refractivity contribution in [1.29, 1.82) is 0 Å². The highest BCUT2D eigenvalue weighted by atomic mass is 16.4. The molecule has 0 heterocycles. The monoisotopic (exact) mass is 184 g/mol. The van der Waals surface area contributed by atoms with Crippen LogP contribution in [0, 0.1) is 11.3 Å². The molecule has 1 N–H and O–H groups in total. The fourth-order valence-corrected chi connectivity index (χ4v) is 2.43. The molecule has 0 aliphatic heterocycles. The first-order chi connectivity index (χ1) is 5.99. The third-order valence-corrected chi connectivity index (χ3v) is 3.37. The average molecular weight is 184 g/mol. The number of carbonyl (C=O) groups excluding carboxylic acids is 1. The van der Waals surface area contributed by atoms with Gasteiger partial charge in [-0.15, -0.1) is 0 Å². The predicted molar refractivity (Wildman–Crippen MR) is 48.4 cm³/mol. The lowest BCUT2D eigenvalue weighted by molar-refractivity contribution is -0.145. The number of aliphatic carboxylic acids is 1. The minimum atomic E-state index is -0.857. The molecule has 1 aliphatic rings. The predicted octanol–water partition coefficient (Wildman–Crippen LogP) is 1.86. The number of hydrogen-bond donors (Lipinski definition) is 1. The van der Waals surface area contributed by atoms with E-state index in [0.717, 1.165) is 19.3 Å². The highest BCUT2D eigenvalue weighted by Crippen LogP contribution is 2.46. The SMILES string of the molecule is CC(=O)C1(CC(=O)O)CCCC1C. The molecule has 0 amide bonds. The van der Waals surface area contributed by atoms with Crippen molar-refractivity contribution in [1.82, 2.24) is 0 Å². The maximum absolute atomic E-state index is 11.5. The molecule has 1 fully saturated rings. The van der Waals surface area contributed by atoms with Crippen LogP contribution in [0.15, 0.2) is 0 Å². The van der Waals surface area contributed by atoms with Crippen LogP contribution < -0.4 is 0 Å². The first kappa shape index (κ1) is 10.2. The van der Waals surface area contributed by atoms with Crippen molar-refractivity contribution < 1.29 is 14.7 Å². The van der Waals surface area contributed by atoms with Crippen LogP contribution in [0.3, 0.4) is 0 Å². The van der Waals surface area contributed by atoms with E-state index in [4.69, 9.17) is 5.11 Å². The summed E-state index contributed by atoms with van der Waals surface area (Å²) in [5.74, 6) is -0.593. The minimum Gasteiger partial charge on any atom is -0.481 e. The molecule has 3 nitrogen and oxygen atoms in total. The molecule has 0 saturated heterocycles. The highest BCUT2D eigenvalue weighted by Gasteiger charge is 2.45. The summed E-state index contributed by atoms with van der Waals surface area (Å²) in [6, 6.07) is 0. The third kappa shape index (κ3) is 1.74. The van der Waals surface area contributed by atoms with Gasteiger partial charge in [0.2, 0.25) is 0 Å². The standard InChI is InChI=1S/C10H16O3/c1-7-4-3-5-10(7,8(2)11)6-9(12)13/h7H,3-6H2,1-2H3,(H,12,13). The largest absolute Gasteiger partial charge is 0.481 e. The van der Waals surface area contributed by atoms with Gasteiger partial charge in [-0.2, -0.15) is 0 Å². The van der Waals surface area contributed by atoms with Crippen molar-refractivity contribution in [3.05, 3.63) is 0 Å². The molecular formula is C10H16O3. The van der Waals surface area contributed by atoms with Crippen LogP contribution in [0.1, 0.15) is 39.5 Å². The second-order valence-electron chi connectivity index (χ2n) is 4.08.